The molecule has 1 atom stereocenters. The maximum absolute atomic E-state index is 13.2. The number of esters is 3. The molecule has 9 heteroatoms. The minimum absolute atomic E-state index is 0.0202. The molecule has 1 aromatic rings. The van der Waals surface area contributed by atoms with Gasteiger partial charge in [-0.05, 0) is 32.9 Å². The van der Waals surface area contributed by atoms with Crippen molar-refractivity contribution >= 4 is 23.8 Å². The summed E-state index contributed by atoms with van der Waals surface area (Å²) in [6.07, 6.45) is 0.912. The van der Waals surface area contributed by atoms with E-state index in [-0.39, 0.29) is 30.9 Å². The molecule has 1 N–H and O–H groups in total. The van der Waals surface area contributed by atoms with Crippen molar-refractivity contribution in [2.24, 2.45) is 0 Å². The van der Waals surface area contributed by atoms with Crippen LogP contribution >= 0.6 is 0 Å². The maximum atomic E-state index is 13.2. The highest BCUT2D eigenvalue weighted by molar-refractivity contribution is 6.17. The first-order chi connectivity index (χ1) is 13.8. The number of hydrogen-bond acceptors (Lipinski definition) is 8. The Morgan fingerprint density at radius 3 is 2.07 bits per heavy atom. The van der Waals surface area contributed by atoms with Gasteiger partial charge in [0, 0.05) is 11.1 Å². The molecule has 3 rings (SSSR count). The zero-order valence-corrected chi connectivity index (χ0v) is 16.3. The third-order valence-electron chi connectivity index (χ3n) is 4.81. The quantitative estimate of drug-likeness (QED) is 0.418. The van der Waals surface area contributed by atoms with Gasteiger partial charge in [0.2, 0.25) is 5.72 Å². The summed E-state index contributed by atoms with van der Waals surface area (Å²) in [7, 11) is 0. The van der Waals surface area contributed by atoms with Crippen LogP contribution in [0.4, 0.5) is 0 Å². The van der Waals surface area contributed by atoms with Gasteiger partial charge in [0.1, 0.15) is 0 Å². The number of carbonyl (C=O) groups is 4. The molecule has 1 amide bonds. The molecule has 2 aliphatic heterocycles. The van der Waals surface area contributed by atoms with E-state index >= 15 is 0 Å². The molecule has 0 saturated heterocycles. The SMILES string of the molecule is CCOC(=O)C1=CC(C(=O)OCC)(C(=O)OCC)N2C(=O)c3ccccc3C12O. The lowest BCUT2D eigenvalue weighted by Crippen LogP contribution is -2.62. The minimum Gasteiger partial charge on any atom is -0.464 e. The summed E-state index contributed by atoms with van der Waals surface area (Å²) in [5.41, 5.74) is -5.19. The van der Waals surface area contributed by atoms with Crippen LogP contribution in [0.3, 0.4) is 0 Å². The van der Waals surface area contributed by atoms with E-state index in [1.54, 1.807) is 19.1 Å². The van der Waals surface area contributed by atoms with Gasteiger partial charge in [-0.3, -0.25) is 9.69 Å². The van der Waals surface area contributed by atoms with Gasteiger partial charge in [-0.2, -0.15) is 0 Å². The number of fused-ring (bicyclic) bond motifs is 3. The molecule has 0 radical (unpaired) electrons. The van der Waals surface area contributed by atoms with E-state index in [9.17, 15) is 24.3 Å². The number of ether oxygens (including phenoxy) is 3. The molecular weight excluding hydrogens is 382 g/mol. The average molecular weight is 403 g/mol. The van der Waals surface area contributed by atoms with Crippen molar-refractivity contribution in [1.29, 1.82) is 0 Å². The van der Waals surface area contributed by atoms with E-state index in [0.29, 0.717) is 4.90 Å². The largest absolute Gasteiger partial charge is 0.464 e. The molecule has 2 heterocycles. The van der Waals surface area contributed by atoms with Crippen LogP contribution in [0, 0.1) is 0 Å². The minimum atomic E-state index is -2.47. The summed E-state index contributed by atoms with van der Waals surface area (Å²) >= 11 is 0. The van der Waals surface area contributed by atoms with Gasteiger partial charge in [0.15, 0.2) is 0 Å². The molecule has 0 aromatic heterocycles. The standard InChI is InChI=1S/C20H21NO8/c1-4-27-16(23)14-11-19(17(24)28-5-2,18(25)29-6-3)21-15(22)12-9-7-8-10-13(12)20(14,21)26/h7-11,26H,4-6H2,1-3H3. The fourth-order valence-corrected chi connectivity index (χ4v) is 3.69. The molecule has 1 aromatic carbocycles. The van der Waals surface area contributed by atoms with E-state index in [1.807, 2.05) is 0 Å². The third-order valence-corrected chi connectivity index (χ3v) is 4.81. The predicted molar refractivity (Wildman–Crippen MR) is 97.2 cm³/mol. The first-order valence-corrected chi connectivity index (χ1v) is 9.22. The Bertz CT molecular complexity index is 903. The number of rotatable bonds is 6. The number of nitrogens with zero attached hydrogens (tertiary/aromatic N) is 1. The Labute approximate surface area is 166 Å². The van der Waals surface area contributed by atoms with Crippen LogP contribution < -0.4 is 0 Å². The molecule has 154 valence electrons. The van der Waals surface area contributed by atoms with Gasteiger partial charge >= 0.3 is 17.9 Å². The number of benzene rings is 1. The summed E-state index contributed by atoms with van der Waals surface area (Å²) in [6, 6.07) is 5.99. The first kappa shape index (κ1) is 20.5. The monoisotopic (exact) mass is 403 g/mol. The Hall–Kier alpha value is -3.20. The van der Waals surface area contributed by atoms with E-state index in [4.69, 9.17) is 14.2 Å². The van der Waals surface area contributed by atoms with E-state index in [1.165, 1.54) is 26.0 Å². The summed E-state index contributed by atoms with van der Waals surface area (Å²) in [5.74, 6) is -4.07. The lowest BCUT2D eigenvalue weighted by atomic mass is 9.94. The fraction of sp³-hybridized carbons (Fsp3) is 0.400. The Kier molecular flexibility index (Phi) is 5.18. The van der Waals surface area contributed by atoms with Crippen LogP contribution in [0.15, 0.2) is 35.9 Å². The second-order valence-corrected chi connectivity index (χ2v) is 6.34. The van der Waals surface area contributed by atoms with Crippen molar-refractivity contribution in [3.63, 3.8) is 0 Å². The van der Waals surface area contributed by atoms with E-state index < -0.39 is 40.7 Å². The zero-order chi connectivity index (χ0) is 21.4. The summed E-state index contributed by atoms with van der Waals surface area (Å²) in [6.45, 7) is 4.38. The molecule has 0 bridgehead atoms. The van der Waals surface area contributed by atoms with Gasteiger partial charge in [0.05, 0.1) is 25.4 Å². The zero-order valence-electron chi connectivity index (χ0n) is 16.3. The third kappa shape index (κ3) is 2.65. The maximum Gasteiger partial charge on any atom is 0.348 e. The number of hydrogen-bond donors (Lipinski definition) is 1. The Morgan fingerprint density at radius 1 is 0.966 bits per heavy atom. The Morgan fingerprint density at radius 2 is 1.52 bits per heavy atom. The molecule has 0 fully saturated rings. The van der Waals surface area contributed by atoms with Crippen molar-refractivity contribution in [2.45, 2.75) is 32.0 Å². The number of carbonyl (C=O) groups excluding carboxylic acids is 4. The Balaban J connectivity index is 2.33. The second-order valence-electron chi connectivity index (χ2n) is 6.34. The van der Waals surface area contributed by atoms with Crippen LogP contribution in [-0.2, 0) is 34.3 Å². The van der Waals surface area contributed by atoms with Gasteiger partial charge in [-0.25, -0.2) is 14.4 Å². The smallest absolute Gasteiger partial charge is 0.348 e. The van der Waals surface area contributed by atoms with Crippen LogP contribution in [-0.4, -0.2) is 59.2 Å². The molecular formula is C20H21NO8. The summed E-state index contributed by atoms with van der Waals surface area (Å²) in [4.78, 5) is 52.5. The average Bonchev–Trinajstić information content (AvgIpc) is 3.11. The van der Waals surface area contributed by atoms with Gasteiger partial charge < -0.3 is 19.3 Å². The fourth-order valence-electron chi connectivity index (χ4n) is 3.69. The lowest BCUT2D eigenvalue weighted by molar-refractivity contribution is -0.179. The van der Waals surface area contributed by atoms with Crippen LogP contribution in [0.2, 0.25) is 0 Å². The normalized spacial score (nSPS) is 21.2. The topological polar surface area (TPSA) is 119 Å². The van der Waals surface area contributed by atoms with Gasteiger partial charge in [0.25, 0.3) is 11.4 Å². The molecule has 0 aliphatic carbocycles. The highest BCUT2D eigenvalue weighted by Crippen LogP contribution is 2.52. The lowest BCUT2D eigenvalue weighted by Gasteiger charge is -2.37. The number of aliphatic hydroxyl groups is 1. The van der Waals surface area contributed by atoms with Crippen LogP contribution in [0.25, 0.3) is 0 Å². The molecule has 0 saturated carbocycles. The first-order valence-electron chi connectivity index (χ1n) is 9.22. The molecule has 1 unspecified atom stereocenters. The van der Waals surface area contributed by atoms with Crippen LogP contribution in [0.5, 0.6) is 0 Å². The van der Waals surface area contributed by atoms with Crippen molar-refractivity contribution in [3.05, 3.63) is 47.0 Å². The molecule has 29 heavy (non-hydrogen) atoms. The molecule has 9 nitrogen and oxygen atoms in total. The van der Waals surface area contributed by atoms with Crippen molar-refractivity contribution in [3.8, 4) is 0 Å². The van der Waals surface area contributed by atoms with Crippen molar-refractivity contribution in [1.82, 2.24) is 4.90 Å². The van der Waals surface area contributed by atoms with Gasteiger partial charge in [-0.15, -0.1) is 0 Å². The predicted octanol–water partition coefficient (Wildman–Crippen LogP) is 0.656. The number of amides is 1. The highest BCUT2D eigenvalue weighted by atomic mass is 16.6. The van der Waals surface area contributed by atoms with E-state index in [0.717, 1.165) is 6.08 Å². The van der Waals surface area contributed by atoms with Crippen molar-refractivity contribution in [2.75, 3.05) is 19.8 Å². The molecule has 0 spiro atoms. The second kappa shape index (κ2) is 7.32. The summed E-state index contributed by atoms with van der Waals surface area (Å²) < 4.78 is 15.1. The summed E-state index contributed by atoms with van der Waals surface area (Å²) in [5, 5.41) is 11.6. The molecule has 2 aliphatic rings. The van der Waals surface area contributed by atoms with E-state index in [2.05, 4.69) is 0 Å². The van der Waals surface area contributed by atoms with Crippen molar-refractivity contribution < 1.29 is 38.5 Å². The van der Waals surface area contributed by atoms with Gasteiger partial charge in [-0.1, -0.05) is 18.2 Å². The van der Waals surface area contributed by atoms with Crippen LogP contribution in [0.1, 0.15) is 36.7 Å². The highest BCUT2D eigenvalue weighted by Gasteiger charge is 2.71.